The first-order valence-corrected chi connectivity index (χ1v) is 5.06. The number of rotatable bonds is 5. The molecule has 1 rings (SSSR count). The maximum Gasteiger partial charge on any atom is 0.337 e. The van der Waals surface area contributed by atoms with E-state index in [1.807, 2.05) is 6.92 Å². The summed E-state index contributed by atoms with van der Waals surface area (Å²) < 4.78 is 0. The molecule has 5 nitrogen and oxygen atoms in total. The Kier molecular flexibility index (Phi) is 4.27. The van der Waals surface area contributed by atoms with E-state index < -0.39 is 17.8 Å². The van der Waals surface area contributed by atoms with Crippen LogP contribution in [0.4, 0.5) is 0 Å². The summed E-state index contributed by atoms with van der Waals surface area (Å²) in [4.78, 5) is 37.9. The van der Waals surface area contributed by atoms with Crippen LogP contribution in [-0.4, -0.2) is 22.8 Å². The summed E-state index contributed by atoms with van der Waals surface area (Å²) in [5.41, 5.74) is 0. The standard InChI is InChI=1S/C10H14NO4/c1-2-3-4-5-10(14)15-11-8(12)6-7-9(11)13/h5H,2-4,6-7H2,1H3. The molecule has 1 heterocycles. The van der Waals surface area contributed by atoms with Crippen molar-refractivity contribution in [1.82, 2.24) is 5.06 Å². The molecule has 15 heavy (non-hydrogen) atoms. The van der Waals surface area contributed by atoms with Gasteiger partial charge < -0.3 is 4.84 Å². The van der Waals surface area contributed by atoms with Crippen LogP contribution in [0.25, 0.3) is 0 Å². The zero-order valence-corrected chi connectivity index (χ0v) is 8.69. The van der Waals surface area contributed by atoms with Crippen molar-refractivity contribution in [3.8, 4) is 0 Å². The van der Waals surface area contributed by atoms with Gasteiger partial charge in [0.1, 0.15) is 0 Å². The fourth-order valence-electron chi connectivity index (χ4n) is 1.21. The lowest BCUT2D eigenvalue weighted by molar-refractivity contribution is -0.194. The number of imide groups is 1. The highest BCUT2D eigenvalue weighted by Gasteiger charge is 2.32. The topological polar surface area (TPSA) is 63.7 Å². The molecule has 5 heteroatoms. The number of carbonyl (C=O) groups excluding carboxylic acids is 3. The molecule has 1 aliphatic heterocycles. The lowest BCUT2D eigenvalue weighted by atomic mass is 10.2. The van der Waals surface area contributed by atoms with E-state index in [9.17, 15) is 14.4 Å². The van der Waals surface area contributed by atoms with Gasteiger partial charge in [-0.05, 0) is 6.42 Å². The van der Waals surface area contributed by atoms with Crippen LogP contribution in [0.15, 0.2) is 0 Å². The summed E-state index contributed by atoms with van der Waals surface area (Å²) in [5, 5.41) is 0.560. The van der Waals surface area contributed by atoms with Crippen LogP contribution in [0.5, 0.6) is 0 Å². The van der Waals surface area contributed by atoms with Crippen LogP contribution in [0.1, 0.15) is 39.0 Å². The molecule has 0 bridgehead atoms. The molecule has 0 aromatic heterocycles. The Morgan fingerprint density at radius 1 is 1.40 bits per heavy atom. The molecule has 0 aromatic carbocycles. The number of unbranched alkanes of at least 4 members (excludes halogenated alkanes) is 2. The fraction of sp³-hybridized carbons (Fsp3) is 0.600. The van der Waals surface area contributed by atoms with Gasteiger partial charge in [-0.3, -0.25) is 9.59 Å². The predicted molar refractivity (Wildman–Crippen MR) is 51.0 cm³/mol. The Bertz CT molecular complexity index is 259. The molecule has 1 radical (unpaired) electrons. The highest BCUT2D eigenvalue weighted by Crippen LogP contribution is 2.13. The van der Waals surface area contributed by atoms with Crippen molar-refractivity contribution in [2.45, 2.75) is 39.0 Å². The molecule has 0 aliphatic carbocycles. The molecule has 2 amide bonds. The molecule has 0 spiro atoms. The van der Waals surface area contributed by atoms with Gasteiger partial charge in [0.25, 0.3) is 11.8 Å². The number of hydrogen-bond donors (Lipinski definition) is 0. The Morgan fingerprint density at radius 2 is 2.00 bits per heavy atom. The Hall–Kier alpha value is -1.39. The third-order valence-electron chi connectivity index (χ3n) is 2.06. The monoisotopic (exact) mass is 212 g/mol. The van der Waals surface area contributed by atoms with Crippen molar-refractivity contribution in [2.75, 3.05) is 0 Å². The Balaban J connectivity index is 2.31. The smallest absolute Gasteiger partial charge is 0.330 e. The molecular formula is C10H14NO4. The molecule has 83 valence electrons. The van der Waals surface area contributed by atoms with E-state index in [1.54, 1.807) is 0 Å². The second kappa shape index (κ2) is 5.48. The van der Waals surface area contributed by atoms with E-state index in [0.717, 1.165) is 12.8 Å². The maximum absolute atomic E-state index is 11.1. The Labute approximate surface area is 88.3 Å². The summed E-state index contributed by atoms with van der Waals surface area (Å²) >= 11 is 0. The Morgan fingerprint density at radius 3 is 2.53 bits per heavy atom. The van der Waals surface area contributed by atoms with Gasteiger partial charge in [-0.2, -0.15) is 0 Å². The molecular weight excluding hydrogens is 198 g/mol. The van der Waals surface area contributed by atoms with E-state index in [0.29, 0.717) is 11.5 Å². The number of carbonyl (C=O) groups is 3. The van der Waals surface area contributed by atoms with Crippen molar-refractivity contribution >= 4 is 17.8 Å². The summed E-state index contributed by atoms with van der Waals surface area (Å²) in [6.07, 6.45) is 4.07. The molecule has 0 aromatic rings. The van der Waals surface area contributed by atoms with E-state index in [1.165, 1.54) is 6.42 Å². The van der Waals surface area contributed by atoms with Gasteiger partial charge in [-0.25, -0.2) is 4.79 Å². The normalized spacial score (nSPS) is 15.9. The van der Waals surface area contributed by atoms with Gasteiger partial charge in [-0.15, -0.1) is 5.06 Å². The quantitative estimate of drug-likeness (QED) is 0.503. The molecule has 1 fully saturated rings. The van der Waals surface area contributed by atoms with E-state index in [4.69, 9.17) is 0 Å². The third kappa shape index (κ3) is 3.34. The summed E-state index contributed by atoms with van der Waals surface area (Å²) in [6.45, 7) is 2.01. The van der Waals surface area contributed by atoms with Crippen LogP contribution in [0, 0.1) is 6.42 Å². The van der Waals surface area contributed by atoms with Crippen LogP contribution < -0.4 is 0 Å². The first-order chi connectivity index (χ1) is 7.15. The molecule has 0 unspecified atom stereocenters. The first-order valence-electron chi connectivity index (χ1n) is 5.06. The van der Waals surface area contributed by atoms with Gasteiger partial charge in [0.2, 0.25) is 0 Å². The maximum atomic E-state index is 11.1. The SMILES string of the molecule is CCCC[CH]C(=O)ON1C(=O)CCC1=O. The average molecular weight is 212 g/mol. The predicted octanol–water partition coefficient (Wildman–Crippen LogP) is 0.988. The minimum Gasteiger partial charge on any atom is -0.330 e. The van der Waals surface area contributed by atoms with Crippen molar-refractivity contribution in [2.24, 2.45) is 0 Å². The number of amides is 2. The van der Waals surface area contributed by atoms with E-state index >= 15 is 0 Å². The number of hydrogen-bond acceptors (Lipinski definition) is 4. The van der Waals surface area contributed by atoms with Crippen molar-refractivity contribution < 1.29 is 19.2 Å². The number of nitrogens with zero attached hydrogens (tertiary/aromatic N) is 1. The minimum atomic E-state index is -0.632. The van der Waals surface area contributed by atoms with Gasteiger partial charge in [0, 0.05) is 12.8 Å². The largest absolute Gasteiger partial charge is 0.337 e. The molecule has 0 N–H and O–H groups in total. The summed E-state index contributed by atoms with van der Waals surface area (Å²) in [7, 11) is 0. The summed E-state index contributed by atoms with van der Waals surface area (Å²) in [5.74, 6) is -1.53. The first kappa shape index (κ1) is 11.7. The second-order valence-electron chi connectivity index (χ2n) is 3.34. The van der Waals surface area contributed by atoms with Crippen LogP contribution in [-0.2, 0) is 19.2 Å². The van der Waals surface area contributed by atoms with Crippen LogP contribution in [0.3, 0.4) is 0 Å². The zero-order chi connectivity index (χ0) is 11.3. The fourth-order valence-corrected chi connectivity index (χ4v) is 1.21. The molecule has 0 saturated carbocycles. The third-order valence-corrected chi connectivity index (χ3v) is 2.06. The van der Waals surface area contributed by atoms with Gasteiger partial charge in [-0.1, -0.05) is 19.8 Å². The second-order valence-corrected chi connectivity index (χ2v) is 3.34. The highest BCUT2D eigenvalue weighted by molar-refractivity contribution is 6.01. The van der Waals surface area contributed by atoms with Crippen molar-refractivity contribution in [3.63, 3.8) is 0 Å². The highest BCUT2D eigenvalue weighted by atomic mass is 16.7. The molecule has 0 atom stereocenters. The average Bonchev–Trinajstić information content (AvgIpc) is 2.50. The number of hydroxylamine groups is 2. The van der Waals surface area contributed by atoms with Gasteiger partial charge >= 0.3 is 5.97 Å². The molecule has 1 saturated heterocycles. The zero-order valence-electron chi connectivity index (χ0n) is 8.69. The van der Waals surface area contributed by atoms with E-state index in [-0.39, 0.29) is 12.8 Å². The lowest BCUT2D eigenvalue weighted by Gasteiger charge is -2.11. The van der Waals surface area contributed by atoms with Crippen LogP contribution >= 0.6 is 0 Å². The summed E-state index contributed by atoms with van der Waals surface area (Å²) in [6, 6.07) is 0. The van der Waals surface area contributed by atoms with Gasteiger partial charge in [0.15, 0.2) is 0 Å². The van der Waals surface area contributed by atoms with Crippen molar-refractivity contribution in [1.29, 1.82) is 0 Å². The van der Waals surface area contributed by atoms with Crippen LogP contribution in [0.2, 0.25) is 0 Å². The van der Waals surface area contributed by atoms with Gasteiger partial charge in [0.05, 0.1) is 6.42 Å². The molecule has 1 aliphatic rings. The van der Waals surface area contributed by atoms with E-state index in [2.05, 4.69) is 4.84 Å². The van der Waals surface area contributed by atoms with Crippen molar-refractivity contribution in [3.05, 3.63) is 6.42 Å². The lowest BCUT2D eigenvalue weighted by Crippen LogP contribution is -2.32. The minimum absolute atomic E-state index is 0.126.